The Morgan fingerprint density at radius 1 is 1.04 bits per heavy atom. The summed E-state index contributed by atoms with van der Waals surface area (Å²) in [5.41, 5.74) is 1.60. The van der Waals surface area contributed by atoms with Crippen molar-refractivity contribution in [2.24, 2.45) is 0 Å². The first kappa shape index (κ1) is 21.9. The van der Waals surface area contributed by atoms with Gasteiger partial charge in [-0.15, -0.1) is 0 Å². The molecule has 0 aliphatic heterocycles. The van der Waals surface area contributed by atoms with Crippen molar-refractivity contribution in [2.45, 2.75) is 60.0 Å². The predicted octanol–water partition coefficient (Wildman–Crippen LogP) is 4.68. The molecule has 0 N–H and O–H groups in total. The number of hydrogen-bond donors (Lipinski definition) is 0. The van der Waals surface area contributed by atoms with Gasteiger partial charge in [0, 0.05) is 5.57 Å². The van der Waals surface area contributed by atoms with E-state index in [4.69, 9.17) is 4.74 Å². The number of methoxy groups -OCH3 is 1. The lowest BCUT2D eigenvalue weighted by Gasteiger charge is -2.19. The first-order valence-electron chi connectivity index (χ1n) is 8.10. The van der Waals surface area contributed by atoms with Crippen LogP contribution in [0.2, 0.25) is 0 Å². The first-order chi connectivity index (χ1) is 11.1. The summed E-state index contributed by atoms with van der Waals surface area (Å²) in [4.78, 5) is 23.3. The van der Waals surface area contributed by atoms with Gasteiger partial charge in [0.05, 0.1) is 12.7 Å². The summed E-state index contributed by atoms with van der Waals surface area (Å²) in [5.74, 6) is -0.625. The largest absolute Gasteiger partial charge is 0.466 e. The molecule has 0 saturated heterocycles. The highest BCUT2D eigenvalue weighted by Crippen LogP contribution is 2.13. The second-order valence-corrected chi connectivity index (χ2v) is 6.49. The molecule has 0 aromatic rings. The highest BCUT2D eigenvalue weighted by Gasteiger charge is 2.18. The summed E-state index contributed by atoms with van der Waals surface area (Å²) in [7, 11) is 1.37. The Labute approximate surface area is 145 Å². The molecule has 4 heteroatoms. The molecule has 0 radical (unpaired) electrons. The standard InChI is InChI=1S/C20H30O4/c1-8-17(19(22)24-20(4,5)6)14-15(2)12-10-9-11-13-16(3)18(21)23-7/h8,10,12-14H,9,11H2,1-7H3/b12-10+,15-14+,16-13+,17-8+. The Morgan fingerprint density at radius 3 is 2.17 bits per heavy atom. The maximum Gasteiger partial charge on any atom is 0.338 e. The number of ether oxygens (including phenoxy) is 2. The minimum absolute atomic E-state index is 0.301. The number of hydrogen-bond acceptors (Lipinski definition) is 4. The highest BCUT2D eigenvalue weighted by atomic mass is 16.6. The summed E-state index contributed by atoms with van der Waals surface area (Å²) in [6.07, 6.45) is 10.9. The topological polar surface area (TPSA) is 52.6 Å². The number of unbranched alkanes of at least 4 members (excludes halogenated alkanes) is 1. The Balaban J connectivity index is 4.63. The van der Waals surface area contributed by atoms with Gasteiger partial charge in [-0.2, -0.15) is 0 Å². The van der Waals surface area contributed by atoms with Gasteiger partial charge in [-0.25, -0.2) is 9.59 Å². The van der Waals surface area contributed by atoms with E-state index in [1.54, 1.807) is 19.1 Å². The lowest BCUT2D eigenvalue weighted by molar-refractivity contribution is -0.149. The van der Waals surface area contributed by atoms with Gasteiger partial charge in [0.25, 0.3) is 0 Å². The van der Waals surface area contributed by atoms with Crippen LogP contribution in [0, 0.1) is 0 Å². The zero-order valence-corrected chi connectivity index (χ0v) is 15.9. The zero-order chi connectivity index (χ0) is 18.8. The lowest BCUT2D eigenvalue weighted by atomic mass is 10.1. The summed E-state index contributed by atoms with van der Waals surface area (Å²) >= 11 is 0. The molecule has 0 fully saturated rings. The molecule has 0 spiro atoms. The SMILES string of the molecule is C\C=C(/C=C(C)/C=C/CC/C=C(\C)C(=O)OC)C(=O)OC(C)(C)C. The van der Waals surface area contributed by atoms with Crippen LogP contribution in [-0.4, -0.2) is 24.6 Å². The Kier molecular flexibility index (Phi) is 9.70. The van der Waals surface area contributed by atoms with Crippen molar-refractivity contribution in [1.29, 1.82) is 0 Å². The molecule has 0 aromatic carbocycles. The zero-order valence-electron chi connectivity index (χ0n) is 15.9. The Morgan fingerprint density at radius 2 is 1.67 bits per heavy atom. The van der Waals surface area contributed by atoms with Crippen LogP contribution in [0.4, 0.5) is 0 Å². The van der Waals surface area contributed by atoms with Gasteiger partial charge in [-0.1, -0.05) is 29.9 Å². The van der Waals surface area contributed by atoms with Gasteiger partial charge in [-0.3, -0.25) is 0 Å². The minimum atomic E-state index is -0.507. The molecule has 0 aliphatic carbocycles. The molecule has 0 atom stereocenters. The molecule has 0 bridgehead atoms. The van der Waals surface area contributed by atoms with Gasteiger partial charge in [0.1, 0.15) is 5.60 Å². The summed E-state index contributed by atoms with van der Waals surface area (Å²) in [6.45, 7) is 11.0. The molecule has 0 amide bonds. The maximum atomic E-state index is 12.1. The van der Waals surface area contributed by atoms with Gasteiger partial charge in [0.15, 0.2) is 0 Å². The van der Waals surface area contributed by atoms with E-state index in [0.29, 0.717) is 11.1 Å². The number of allylic oxidation sites excluding steroid dienone is 5. The third kappa shape index (κ3) is 9.82. The second-order valence-electron chi connectivity index (χ2n) is 6.49. The van der Waals surface area contributed by atoms with E-state index < -0.39 is 5.60 Å². The Bertz CT molecular complexity index is 555. The summed E-state index contributed by atoms with van der Waals surface area (Å²) in [5, 5.41) is 0. The third-order valence-electron chi connectivity index (χ3n) is 3.00. The van der Waals surface area contributed by atoms with Gasteiger partial charge >= 0.3 is 11.9 Å². The van der Waals surface area contributed by atoms with Crippen LogP contribution >= 0.6 is 0 Å². The molecule has 134 valence electrons. The molecule has 0 heterocycles. The van der Waals surface area contributed by atoms with Gasteiger partial charge in [-0.05, 0) is 60.5 Å². The fourth-order valence-corrected chi connectivity index (χ4v) is 1.80. The minimum Gasteiger partial charge on any atom is -0.466 e. The van der Waals surface area contributed by atoms with Crippen LogP contribution in [0.5, 0.6) is 0 Å². The van der Waals surface area contributed by atoms with Crippen molar-refractivity contribution < 1.29 is 19.1 Å². The second kappa shape index (κ2) is 10.6. The van der Waals surface area contributed by atoms with Gasteiger partial charge in [0.2, 0.25) is 0 Å². The number of rotatable bonds is 7. The Hall–Kier alpha value is -2.10. The van der Waals surface area contributed by atoms with E-state index >= 15 is 0 Å². The van der Waals surface area contributed by atoms with Crippen LogP contribution in [0.25, 0.3) is 0 Å². The van der Waals surface area contributed by atoms with E-state index in [1.807, 2.05) is 52.8 Å². The van der Waals surface area contributed by atoms with Crippen molar-refractivity contribution in [2.75, 3.05) is 7.11 Å². The van der Waals surface area contributed by atoms with Crippen molar-refractivity contribution >= 4 is 11.9 Å². The molecule has 0 unspecified atom stereocenters. The quantitative estimate of drug-likeness (QED) is 0.294. The number of esters is 2. The fourth-order valence-electron chi connectivity index (χ4n) is 1.80. The van der Waals surface area contributed by atoms with Crippen LogP contribution in [0.15, 0.2) is 47.1 Å². The number of carbonyl (C=O) groups excluding carboxylic acids is 2. The fraction of sp³-hybridized carbons (Fsp3) is 0.500. The highest BCUT2D eigenvalue weighted by molar-refractivity contribution is 5.92. The van der Waals surface area contributed by atoms with Gasteiger partial charge < -0.3 is 9.47 Å². The van der Waals surface area contributed by atoms with E-state index in [1.165, 1.54) is 7.11 Å². The van der Waals surface area contributed by atoms with Crippen LogP contribution in [0.1, 0.15) is 54.4 Å². The summed E-state index contributed by atoms with van der Waals surface area (Å²) < 4.78 is 10.0. The van der Waals surface area contributed by atoms with Crippen molar-refractivity contribution in [3.63, 3.8) is 0 Å². The van der Waals surface area contributed by atoms with Crippen LogP contribution < -0.4 is 0 Å². The van der Waals surface area contributed by atoms with E-state index in [2.05, 4.69) is 4.74 Å². The predicted molar refractivity (Wildman–Crippen MR) is 97.5 cm³/mol. The molecule has 0 aromatic heterocycles. The van der Waals surface area contributed by atoms with E-state index in [9.17, 15) is 9.59 Å². The molecule has 4 nitrogen and oxygen atoms in total. The normalized spacial score (nSPS) is 14.0. The smallest absolute Gasteiger partial charge is 0.338 e. The third-order valence-corrected chi connectivity index (χ3v) is 3.00. The van der Waals surface area contributed by atoms with E-state index in [-0.39, 0.29) is 11.9 Å². The average molecular weight is 334 g/mol. The molecule has 0 aliphatic rings. The maximum absolute atomic E-state index is 12.1. The molecular weight excluding hydrogens is 304 g/mol. The molecular formula is C20H30O4. The van der Waals surface area contributed by atoms with Crippen molar-refractivity contribution in [3.8, 4) is 0 Å². The van der Waals surface area contributed by atoms with Crippen molar-refractivity contribution in [1.82, 2.24) is 0 Å². The molecule has 0 saturated carbocycles. The van der Waals surface area contributed by atoms with E-state index in [0.717, 1.165) is 18.4 Å². The average Bonchev–Trinajstić information content (AvgIpc) is 2.49. The molecule has 24 heavy (non-hydrogen) atoms. The lowest BCUT2D eigenvalue weighted by Crippen LogP contribution is -2.24. The monoisotopic (exact) mass is 334 g/mol. The van der Waals surface area contributed by atoms with Crippen LogP contribution in [-0.2, 0) is 19.1 Å². The van der Waals surface area contributed by atoms with Crippen LogP contribution in [0.3, 0.4) is 0 Å². The first-order valence-corrected chi connectivity index (χ1v) is 8.10. The van der Waals surface area contributed by atoms with Crippen molar-refractivity contribution in [3.05, 3.63) is 47.1 Å². The number of carbonyl (C=O) groups is 2. The summed E-state index contributed by atoms with van der Waals surface area (Å²) in [6, 6.07) is 0. The molecule has 0 rings (SSSR count).